The number of halogens is 2. The number of hydrogen-bond donors (Lipinski definition) is 1. The van der Waals surface area contributed by atoms with Gasteiger partial charge in [-0.15, -0.1) is 0 Å². The minimum absolute atomic E-state index is 0.296. The molecule has 0 saturated carbocycles. The number of benzene rings is 2. The van der Waals surface area contributed by atoms with Crippen molar-refractivity contribution in [3.05, 3.63) is 88.5 Å². The number of anilines is 1. The summed E-state index contributed by atoms with van der Waals surface area (Å²) < 4.78 is 1.84. The number of rotatable bonds is 3. The largest absolute Gasteiger partial charge is 0.306 e. The van der Waals surface area contributed by atoms with Gasteiger partial charge in [-0.25, -0.2) is 4.98 Å². The Morgan fingerprint density at radius 3 is 2.50 bits per heavy atom. The molecule has 0 aliphatic heterocycles. The Balaban J connectivity index is 1.81. The minimum atomic E-state index is -0.325. The van der Waals surface area contributed by atoms with Crippen LogP contribution in [-0.4, -0.2) is 15.3 Å². The number of imidazole rings is 1. The molecule has 4 rings (SSSR count). The van der Waals surface area contributed by atoms with Crippen LogP contribution < -0.4 is 5.32 Å². The smallest absolute Gasteiger partial charge is 0.258 e. The number of fused-ring (bicyclic) bond motifs is 1. The van der Waals surface area contributed by atoms with Gasteiger partial charge in [-0.1, -0.05) is 59.6 Å². The molecule has 1 N–H and O–H groups in total. The summed E-state index contributed by atoms with van der Waals surface area (Å²) in [4.78, 5) is 17.5. The second kappa shape index (κ2) is 6.83. The molecule has 0 atom stereocenters. The average molecular weight is 382 g/mol. The molecule has 0 spiro atoms. The maximum Gasteiger partial charge on any atom is 0.258 e. The lowest BCUT2D eigenvalue weighted by molar-refractivity contribution is 0.102. The van der Waals surface area contributed by atoms with E-state index in [0.29, 0.717) is 27.1 Å². The van der Waals surface area contributed by atoms with Crippen molar-refractivity contribution >= 4 is 40.6 Å². The van der Waals surface area contributed by atoms with Crippen molar-refractivity contribution in [3.63, 3.8) is 0 Å². The van der Waals surface area contributed by atoms with E-state index in [-0.39, 0.29) is 5.91 Å². The Hall–Kier alpha value is -2.82. The molecule has 0 radical (unpaired) electrons. The fourth-order valence-corrected chi connectivity index (χ4v) is 3.26. The summed E-state index contributed by atoms with van der Waals surface area (Å²) in [6, 6.07) is 20.2. The van der Waals surface area contributed by atoms with Gasteiger partial charge in [0.05, 0.1) is 10.6 Å². The lowest BCUT2D eigenvalue weighted by Gasteiger charge is -2.09. The van der Waals surface area contributed by atoms with E-state index < -0.39 is 0 Å². The van der Waals surface area contributed by atoms with Crippen molar-refractivity contribution in [3.8, 4) is 11.3 Å². The molecule has 0 aliphatic carbocycles. The number of hydrogen-bond acceptors (Lipinski definition) is 2. The van der Waals surface area contributed by atoms with Crippen LogP contribution in [0.5, 0.6) is 0 Å². The van der Waals surface area contributed by atoms with Gasteiger partial charge in [0.2, 0.25) is 0 Å². The number of nitrogens with one attached hydrogen (secondary N) is 1. The van der Waals surface area contributed by atoms with E-state index in [2.05, 4.69) is 10.3 Å². The van der Waals surface area contributed by atoms with Crippen LogP contribution in [0.15, 0.2) is 72.9 Å². The van der Waals surface area contributed by atoms with E-state index >= 15 is 0 Å². The summed E-state index contributed by atoms with van der Waals surface area (Å²) in [7, 11) is 0. The molecule has 1 amide bonds. The number of amides is 1. The number of carbonyl (C=O) groups excluding carboxylic acids is 1. The number of aromatic nitrogens is 2. The Kier molecular flexibility index (Phi) is 4.37. The Labute approximate surface area is 160 Å². The second-order valence-corrected chi connectivity index (χ2v) is 6.53. The zero-order valence-electron chi connectivity index (χ0n) is 13.5. The molecule has 128 valence electrons. The molecule has 2 heterocycles. The third-order valence-corrected chi connectivity index (χ3v) is 4.53. The van der Waals surface area contributed by atoms with E-state index in [1.807, 2.05) is 59.1 Å². The van der Waals surface area contributed by atoms with Crippen molar-refractivity contribution in [2.45, 2.75) is 0 Å². The predicted octanol–water partition coefficient (Wildman–Crippen LogP) is 5.56. The summed E-state index contributed by atoms with van der Waals surface area (Å²) >= 11 is 12.1. The molecule has 0 unspecified atom stereocenters. The Morgan fingerprint density at radius 2 is 1.73 bits per heavy atom. The van der Waals surface area contributed by atoms with Crippen molar-refractivity contribution in [2.75, 3.05) is 5.32 Å². The molecular weight excluding hydrogens is 369 g/mol. The first-order chi connectivity index (χ1) is 12.6. The molecular formula is C20H13Cl2N3O. The van der Waals surface area contributed by atoms with Crippen molar-refractivity contribution in [1.82, 2.24) is 9.38 Å². The van der Waals surface area contributed by atoms with Crippen LogP contribution in [0.1, 0.15) is 10.4 Å². The number of carbonyl (C=O) groups is 1. The van der Waals surface area contributed by atoms with Crippen LogP contribution in [-0.2, 0) is 0 Å². The van der Waals surface area contributed by atoms with Gasteiger partial charge in [-0.05, 0) is 30.3 Å². The van der Waals surface area contributed by atoms with Crippen molar-refractivity contribution in [1.29, 1.82) is 0 Å². The van der Waals surface area contributed by atoms with Crippen molar-refractivity contribution < 1.29 is 4.79 Å². The lowest BCUT2D eigenvalue weighted by Crippen LogP contribution is -2.14. The summed E-state index contributed by atoms with van der Waals surface area (Å²) in [6.07, 6.45) is 1.86. The van der Waals surface area contributed by atoms with Gasteiger partial charge in [0.25, 0.3) is 5.91 Å². The number of nitrogens with zero attached hydrogens (tertiary/aromatic N) is 2. The molecule has 26 heavy (non-hydrogen) atoms. The van der Waals surface area contributed by atoms with Crippen LogP contribution in [0.25, 0.3) is 16.9 Å². The fraction of sp³-hybridized carbons (Fsp3) is 0. The zero-order valence-corrected chi connectivity index (χ0v) is 15.0. The molecule has 2 aromatic carbocycles. The topological polar surface area (TPSA) is 46.4 Å². The Bertz CT molecular complexity index is 1110. The molecule has 4 nitrogen and oxygen atoms in total. The standard InChI is InChI=1S/C20H13Cl2N3O/c21-14-9-10-15(16(22)12-14)20(26)24-19-18(13-6-2-1-3-7-13)23-17-8-4-5-11-25(17)19/h1-12H,(H,24,26). The molecule has 2 aromatic heterocycles. The molecule has 0 fully saturated rings. The van der Waals surface area contributed by atoms with E-state index in [1.54, 1.807) is 18.2 Å². The quantitative estimate of drug-likeness (QED) is 0.504. The maximum absolute atomic E-state index is 12.8. The first-order valence-electron chi connectivity index (χ1n) is 7.92. The zero-order chi connectivity index (χ0) is 18.1. The van der Waals surface area contributed by atoms with Crippen molar-refractivity contribution in [2.24, 2.45) is 0 Å². The average Bonchev–Trinajstić information content (AvgIpc) is 3.01. The van der Waals surface area contributed by atoms with Crippen LogP contribution in [0.3, 0.4) is 0 Å². The minimum Gasteiger partial charge on any atom is -0.306 e. The Morgan fingerprint density at radius 1 is 0.962 bits per heavy atom. The third-order valence-electron chi connectivity index (χ3n) is 3.98. The summed E-state index contributed by atoms with van der Waals surface area (Å²) in [5.41, 5.74) is 2.69. The fourth-order valence-electron chi connectivity index (χ4n) is 2.76. The first-order valence-corrected chi connectivity index (χ1v) is 8.68. The summed E-state index contributed by atoms with van der Waals surface area (Å²) in [5, 5.41) is 3.72. The highest BCUT2D eigenvalue weighted by molar-refractivity contribution is 6.37. The van der Waals surface area contributed by atoms with E-state index in [1.165, 1.54) is 0 Å². The monoisotopic (exact) mass is 381 g/mol. The van der Waals surface area contributed by atoms with Crippen LogP contribution in [0.4, 0.5) is 5.82 Å². The maximum atomic E-state index is 12.8. The predicted molar refractivity (Wildman–Crippen MR) is 105 cm³/mol. The highest BCUT2D eigenvalue weighted by Gasteiger charge is 2.18. The van der Waals surface area contributed by atoms with Gasteiger partial charge in [-0.3, -0.25) is 9.20 Å². The van der Waals surface area contributed by atoms with Gasteiger partial charge in [0.1, 0.15) is 17.2 Å². The third kappa shape index (κ3) is 3.05. The van der Waals surface area contributed by atoms with E-state index in [0.717, 1.165) is 11.2 Å². The molecule has 0 saturated heterocycles. The first kappa shape index (κ1) is 16.6. The van der Waals surface area contributed by atoms with Crippen LogP contribution >= 0.6 is 23.2 Å². The van der Waals surface area contributed by atoms with Gasteiger partial charge in [-0.2, -0.15) is 0 Å². The summed E-state index contributed by atoms with van der Waals surface area (Å²) in [5.74, 6) is 0.261. The number of pyridine rings is 1. The summed E-state index contributed by atoms with van der Waals surface area (Å²) in [6.45, 7) is 0. The molecule has 6 heteroatoms. The highest BCUT2D eigenvalue weighted by atomic mass is 35.5. The molecule has 0 aliphatic rings. The van der Waals surface area contributed by atoms with E-state index in [4.69, 9.17) is 23.2 Å². The second-order valence-electron chi connectivity index (χ2n) is 5.68. The SMILES string of the molecule is O=C(Nc1c(-c2ccccc2)nc2ccccn12)c1ccc(Cl)cc1Cl. The van der Waals surface area contributed by atoms with E-state index in [9.17, 15) is 4.79 Å². The van der Waals surface area contributed by atoms with Gasteiger partial charge >= 0.3 is 0 Å². The lowest BCUT2D eigenvalue weighted by atomic mass is 10.1. The van der Waals surface area contributed by atoms with Gasteiger partial charge < -0.3 is 5.32 Å². The highest BCUT2D eigenvalue weighted by Crippen LogP contribution is 2.30. The normalized spacial score (nSPS) is 10.8. The van der Waals surface area contributed by atoms with Gasteiger partial charge in [0.15, 0.2) is 0 Å². The molecule has 4 aromatic rings. The molecule has 0 bridgehead atoms. The van der Waals surface area contributed by atoms with Gasteiger partial charge in [0, 0.05) is 16.8 Å². The van der Waals surface area contributed by atoms with Crippen LogP contribution in [0.2, 0.25) is 10.0 Å². The van der Waals surface area contributed by atoms with Crippen LogP contribution in [0, 0.1) is 0 Å².